The lowest BCUT2D eigenvalue weighted by atomic mass is 10.2. The monoisotopic (exact) mass is 256 g/mol. The number of H-pyrrole nitrogens is 1. The van der Waals surface area contributed by atoms with Crippen LogP contribution in [0.25, 0.3) is 21.9 Å². The van der Waals surface area contributed by atoms with E-state index in [0.29, 0.717) is 0 Å². The molecule has 1 aromatic carbocycles. The second-order valence-corrected chi connectivity index (χ2v) is 4.39. The van der Waals surface area contributed by atoms with Crippen LogP contribution in [0.2, 0.25) is 0 Å². The largest absolute Gasteiger partial charge is 0.385 e. The van der Waals surface area contributed by atoms with Gasteiger partial charge < -0.3 is 15.0 Å². The molecule has 0 amide bonds. The van der Waals surface area contributed by atoms with E-state index < -0.39 is 0 Å². The Morgan fingerprint density at radius 2 is 2.16 bits per heavy atom. The molecule has 0 aliphatic heterocycles. The fraction of sp³-hybridized carbons (Fsp3) is 0.286. The van der Waals surface area contributed by atoms with Gasteiger partial charge in [-0.05, 0) is 12.5 Å². The number of benzene rings is 1. The van der Waals surface area contributed by atoms with Gasteiger partial charge in [-0.3, -0.25) is 0 Å². The first-order valence-electron chi connectivity index (χ1n) is 6.34. The Morgan fingerprint density at radius 3 is 3.05 bits per heavy atom. The van der Waals surface area contributed by atoms with Gasteiger partial charge >= 0.3 is 0 Å². The number of hydrogen-bond acceptors (Lipinski definition) is 4. The third-order valence-electron chi connectivity index (χ3n) is 3.11. The van der Waals surface area contributed by atoms with Crippen LogP contribution < -0.4 is 5.32 Å². The zero-order valence-electron chi connectivity index (χ0n) is 10.8. The zero-order valence-corrected chi connectivity index (χ0v) is 10.8. The van der Waals surface area contributed by atoms with E-state index in [4.69, 9.17) is 4.74 Å². The summed E-state index contributed by atoms with van der Waals surface area (Å²) in [5.74, 6) is 0.845. The van der Waals surface area contributed by atoms with E-state index in [-0.39, 0.29) is 0 Å². The van der Waals surface area contributed by atoms with Gasteiger partial charge in [0, 0.05) is 31.2 Å². The molecular formula is C14H16N4O. The molecule has 2 heterocycles. The number of methoxy groups -OCH3 is 1. The molecule has 0 bridgehead atoms. The van der Waals surface area contributed by atoms with Gasteiger partial charge in [-0.25, -0.2) is 9.97 Å². The fourth-order valence-electron chi connectivity index (χ4n) is 2.20. The minimum atomic E-state index is 0.744. The highest BCUT2D eigenvalue weighted by molar-refractivity contribution is 6.07. The van der Waals surface area contributed by atoms with Crippen LogP contribution in [0.1, 0.15) is 6.42 Å². The molecule has 0 saturated heterocycles. The van der Waals surface area contributed by atoms with Crippen molar-refractivity contribution in [3.63, 3.8) is 0 Å². The molecule has 0 spiro atoms. The van der Waals surface area contributed by atoms with Gasteiger partial charge in [-0.15, -0.1) is 0 Å². The van der Waals surface area contributed by atoms with Gasteiger partial charge in [0.2, 0.25) is 0 Å². The standard InChI is InChI=1S/C14H16N4O/c1-19-8-4-7-15-14-13-12(16-9-17-14)10-5-2-3-6-11(10)18-13/h2-3,5-6,9,18H,4,7-8H2,1H3,(H,15,16,17). The number of anilines is 1. The van der Waals surface area contributed by atoms with Crippen molar-refractivity contribution in [3.05, 3.63) is 30.6 Å². The average Bonchev–Trinajstić information content (AvgIpc) is 2.83. The third kappa shape index (κ3) is 2.24. The molecule has 0 atom stereocenters. The summed E-state index contributed by atoms with van der Waals surface area (Å²) >= 11 is 0. The van der Waals surface area contributed by atoms with Crippen molar-refractivity contribution in [3.8, 4) is 0 Å². The van der Waals surface area contributed by atoms with Gasteiger partial charge in [-0.2, -0.15) is 0 Å². The number of para-hydroxylation sites is 1. The summed E-state index contributed by atoms with van der Waals surface area (Å²) in [5, 5.41) is 4.45. The summed E-state index contributed by atoms with van der Waals surface area (Å²) in [7, 11) is 1.71. The summed E-state index contributed by atoms with van der Waals surface area (Å²) in [4.78, 5) is 12.0. The predicted molar refractivity (Wildman–Crippen MR) is 76.4 cm³/mol. The quantitative estimate of drug-likeness (QED) is 0.689. The molecule has 3 rings (SSSR count). The number of rotatable bonds is 5. The average molecular weight is 256 g/mol. The van der Waals surface area contributed by atoms with Gasteiger partial charge in [-0.1, -0.05) is 18.2 Å². The smallest absolute Gasteiger partial charge is 0.153 e. The van der Waals surface area contributed by atoms with E-state index in [1.165, 1.54) is 0 Å². The molecule has 0 fully saturated rings. The van der Waals surface area contributed by atoms with E-state index in [1.54, 1.807) is 13.4 Å². The van der Waals surface area contributed by atoms with E-state index >= 15 is 0 Å². The molecule has 0 aliphatic carbocycles. The maximum atomic E-state index is 5.03. The van der Waals surface area contributed by atoms with Crippen LogP contribution in [0.15, 0.2) is 30.6 Å². The lowest BCUT2D eigenvalue weighted by Crippen LogP contribution is -2.06. The second-order valence-electron chi connectivity index (χ2n) is 4.39. The molecular weight excluding hydrogens is 240 g/mol. The topological polar surface area (TPSA) is 62.8 Å². The Morgan fingerprint density at radius 1 is 1.26 bits per heavy atom. The molecule has 5 nitrogen and oxygen atoms in total. The van der Waals surface area contributed by atoms with Crippen LogP contribution in [0, 0.1) is 0 Å². The van der Waals surface area contributed by atoms with Crippen molar-refractivity contribution in [2.24, 2.45) is 0 Å². The van der Waals surface area contributed by atoms with Crippen LogP contribution >= 0.6 is 0 Å². The number of ether oxygens (including phenoxy) is 1. The van der Waals surface area contributed by atoms with Crippen molar-refractivity contribution in [2.45, 2.75) is 6.42 Å². The minimum absolute atomic E-state index is 0.744. The van der Waals surface area contributed by atoms with Crippen molar-refractivity contribution in [1.29, 1.82) is 0 Å². The van der Waals surface area contributed by atoms with E-state index in [0.717, 1.165) is 47.3 Å². The Balaban J connectivity index is 1.96. The summed E-state index contributed by atoms with van der Waals surface area (Å²) in [6, 6.07) is 8.14. The molecule has 3 aromatic rings. The van der Waals surface area contributed by atoms with Gasteiger partial charge in [0.15, 0.2) is 5.82 Å². The lowest BCUT2D eigenvalue weighted by Gasteiger charge is -2.05. The SMILES string of the molecule is COCCCNc1ncnc2c1[nH]c1ccccc12. The first kappa shape index (κ1) is 11.9. The maximum Gasteiger partial charge on any atom is 0.153 e. The molecule has 2 N–H and O–H groups in total. The molecule has 0 radical (unpaired) electrons. The first-order valence-corrected chi connectivity index (χ1v) is 6.34. The minimum Gasteiger partial charge on any atom is -0.385 e. The zero-order chi connectivity index (χ0) is 13.1. The third-order valence-corrected chi connectivity index (χ3v) is 3.11. The highest BCUT2D eigenvalue weighted by Crippen LogP contribution is 2.26. The highest BCUT2D eigenvalue weighted by atomic mass is 16.5. The van der Waals surface area contributed by atoms with Crippen molar-refractivity contribution >= 4 is 27.8 Å². The first-order chi connectivity index (χ1) is 9.40. The van der Waals surface area contributed by atoms with Gasteiger partial charge in [0.1, 0.15) is 17.4 Å². The Labute approximate surface area is 111 Å². The van der Waals surface area contributed by atoms with Gasteiger partial charge in [0.25, 0.3) is 0 Å². The second kappa shape index (κ2) is 5.24. The molecule has 98 valence electrons. The van der Waals surface area contributed by atoms with Gasteiger partial charge in [0.05, 0.1) is 0 Å². The fourth-order valence-corrected chi connectivity index (χ4v) is 2.20. The summed E-state index contributed by atoms with van der Waals surface area (Å²) in [6.07, 6.45) is 2.55. The molecule has 0 saturated carbocycles. The molecule has 5 heteroatoms. The van der Waals surface area contributed by atoms with Crippen LogP contribution in [0.3, 0.4) is 0 Å². The van der Waals surface area contributed by atoms with Crippen molar-refractivity contribution in [2.75, 3.05) is 25.6 Å². The molecule has 0 unspecified atom stereocenters. The van der Waals surface area contributed by atoms with E-state index in [2.05, 4.69) is 26.3 Å². The number of aromatic nitrogens is 3. The Hall–Kier alpha value is -2.14. The maximum absolute atomic E-state index is 5.03. The molecule has 19 heavy (non-hydrogen) atoms. The molecule has 2 aromatic heterocycles. The highest BCUT2D eigenvalue weighted by Gasteiger charge is 2.09. The van der Waals surface area contributed by atoms with Crippen molar-refractivity contribution in [1.82, 2.24) is 15.0 Å². The number of aromatic amines is 1. The summed E-state index contributed by atoms with van der Waals surface area (Å²) < 4.78 is 5.03. The van der Waals surface area contributed by atoms with Crippen LogP contribution in [0.5, 0.6) is 0 Å². The predicted octanol–water partition coefficient (Wildman–Crippen LogP) is 2.56. The number of fused-ring (bicyclic) bond motifs is 3. The van der Waals surface area contributed by atoms with Crippen molar-refractivity contribution < 1.29 is 4.74 Å². The van der Waals surface area contributed by atoms with Crippen LogP contribution in [-0.4, -0.2) is 35.2 Å². The number of hydrogen-bond donors (Lipinski definition) is 2. The normalized spacial score (nSPS) is 11.2. The summed E-state index contributed by atoms with van der Waals surface area (Å²) in [5.41, 5.74) is 3.00. The van der Waals surface area contributed by atoms with E-state index in [1.807, 2.05) is 18.2 Å². The molecule has 0 aliphatic rings. The lowest BCUT2D eigenvalue weighted by molar-refractivity contribution is 0.198. The summed E-state index contributed by atoms with van der Waals surface area (Å²) in [6.45, 7) is 1.57. The Kier molecular flexibility index (Phi) is 3.29. The van der Waals surface area contributed by atoms with E-state index in [9.17, 15) is 0 Å². The van der Waals surface area contributed by atoms with Crippen LogP contribution in [0.4, 0.5) is 5.82 Å². The number of nitrogens with one attached hydrogen (secondary N) is 2. The Bertz CT molecular complexity index is 692. The van der Waals surface area contributed by atoms with Crippen LogP contribution in [-0.2, 0) is 4.74 Å². The number of nitrogens with zero attached hydrogens (tertiary/aromatic N) is 2.